The summed E-state index contributed by atoms with van der Waals surface area (Å²) in [7, 11) is 1.85. The summed E-state index contributed by atoms with van der Waals surface area (Å²) in [6.07, 6.45) is 1.95. The van der Waals surface area contributed by atoms with Crippen molar-refractivity contribution in [3.63, 3.8) is 0 Å². The first-order valence-electron chi connectivity index (χ1n) is 12.1. The van der Waals surface area contributed by atoms with Crippen molar-refractivity contribution < 1.29 is 14.3 Å². The fourth-order valence-electron chi connectivity index (χ4n) is 4.47. The Morgan fingerprint density at radius 1 is 1.06 bits per heavy atom. The van der Waals surface area contributed by atoms with Crippen molar-refractivity contribution in [3.8, 4) is 22.9 Å². The van der Waals surface area contributed by atoms with Crippen LogP contribution in [0, 0.1) is 0 Å². The number of nitrogens with zero attached hydrogens (tertiary/aromatic N) is 3. The lowest BCUT2D eigenvalue weighted by Gasteiger charge is -2.26. The van der Waals surface area contributed by atoms with Crippen molar-refractivity contribution >= 4 is 17.5 Å². The van der Waals surface area contributed by atoms with Crippen molar-refractivity contribution in [1.82, 2.24) is 14.7 Å². The van der Waals surface area contributed by atoms with E-state index in [1.54, 1.807) is 16.8 Å². The van der Waals surface area contributed by atoms with Crippen molar-refractivity contribution in [1.29, 1.82) is 0 Å². The van der Waals surface area contributed by atoms with Crippen LogP contribution in [-0.4, -0.2) is 39.8 Å². The molecule has 5 rings (SSSR count). The number of rotatable bonds is 8. The third-order valence-electron chi connectivity index (χ3n) is 6.27. The summed E-state index contributed by atoms with van der Waals surface area (Å²) in [5.41, 5.74) is 3.21. The molecule has 4 aromatic rings. The quantitative estimate of drug-likeness (QED) is 0.282. The molecule has 1 fully saturated rings. The van der Waals surface area contributed by atoms with Gasteiger partial charge in [0, 0.05) is 36.3 Å². The molecule has 0 bridgehead atoms. The predicted molar refractivity (Wildman–Crippen MR) is 140 cm³/mol. The van der Waals surface area contributed by atoms with Crippen molar-refractivity contribution in [3.05, 3.63) is 101 Å². The molecule has 0 saturated carbocycles. The Morgan fingerprint density at radius 2 is 1.75 bits per heavy atom. The molecular weight excluding hydrogens is 474 g/mol. The third kappa shape index (κ3) is 5.45. The number of aryl methyl sites for hydroxylation is 1. The summed E-state index contributed by atoms with van der Waals surface area (Å²) in [4.78, 5) is 15.5. The Bertz CT molecular complexity index is 1300. The molecule has 1 aromatic heterocycles. The van der Waals surface area contributed by atoms with Crippen LogP contribution in [-0.2, 0) is 18.3 Å². The van der Waals surface area contributed by atoms with E-state index in [-0.39, 0.29) is 12.0 Å². The van der Waals surface area contributed by atoms with Gasteiger partial charge in [0.1, 0.15) is 11.4 Å². The predicted octanol–water partition coefficient (Wildman–Crippen LogP) is 6.35. The van der Waals surface area contributed by atoms with Crippen LogP contribution in [0.4, 0.5) is 0 Å². The summed E-state index contributed by atoms with van der Waals surface area (Å²) in [5.74, 6) is 1.17. The minimum absolute atomic E-state index is 0.00939. The zero-order valence-electron chi connectivity index (χ0n) is 20.1. The van der Waals surface area contributed by atoms with E-state index in [0.29, 0.717) is 35.3 Å². The SMILES string of the molecule is Cn1nc(-c2ccccc2)c(CN(C[C@@H]2CCCO2)C(=O)c2ccccc2)c1Oc1ccc(Cl)cc1. The van der Waals surface area contributed by atoms with E-state index in [1.807, 2.05) is 84.7 Å². The number of hydrogen-bond donors (Lipinski definition) is 0. The first-order valence-corrected chi connectivity index (χ1v) is 12.5. The van der Waals surface area contributed by atoms with E-state index in [1.165, 1.54) is 0 Å². The van der Waals surface area contributed by atoms with Gasteiger partial charge < -0.3 is 14.4 Å². The second kappa shape index (κ2) is 11.0. The van der Waals surface area contributed by atoms with Crippen molar-refractivity contribution in [2.24, 2.45) is 7.05 Å². The third-order valence-corrected chi connectivity index (χ3v) is 6.52. The van der Waals surface area contributed by atoms with Crippen molar-refractivity contribution in [2.45, 2.75) is 25.5 Å². The maximum absolute atomic E-state index is 13.7. The standard InChI is InChI=1S/C29H28ClN3O3/c1-32-29(36-24-16-14-23(30)15-17-24)26(27(31-32)21-9-4-2-5-10-21)20-33(19-25-13-8-18-35-25)28(34)22-11-6-3-7-12-22/h2-7,9-12,14-17,25H,8,13,18-20H2,1H3/t25-/m0/s1. The fourth-order valence-corrected chi connectivity index (χ4v) is 4.60. The molecule has 0 N–H and O–H groups in total. The normalized spacial score (nSPS) is 15.1. The Kier molecular flexibility index (Phi) is 7.35. The highest BCUT2D eigenvalue weighted by molar-refractivity contribution is 6.30. The number of amides is 1. The van der Waals surface area contributed by atoms with Gasteiger partial charge in [-0.2, -0.15) is 5.10 Å². The van der Waals surface area contributed by atoms with E-state index in [9.17, 15) is 4.79 Å². The summed E-state index contributed by atoms with van der Waals surface area (Å²) < 4.78 is 14.0. The Hall–Kier alpha value is -3.61. The summed E-state index contributed by atoms with van der Waals surface area (Å²) in [6, 6.07) is 26.5. The van der Waals surface area contributed by atoms with E-state index in [2.05, 4.69) is 0 Å². The number of hydrogen-bond acceptors (Lipinski definition) is 4. The zero-order chi connectivity index (χ0) is 24.9. The van der Waals surface area contributed by atoms with Crippen LogP contribution >= 0.6 is 11.6 Å². The van der Waals surface area contributed by atoms with Gasteiger partial charge >= 0.3 is 0 Å². The largest absolute Gasteiger partial charge is 0.439 e. The number of aromatic nitrogens is 2. The zero-order valence-corrected chi connectivity index (χ0v) is 20.9. The van der Waals surface area contributed by atoms with Gasteiger partial charge in [-0.05, 0) is 49.2 Å². The molecule has 1 atom stereocenters. The Balaban J connectivity index is 1.55. The molecule has 1 aliphatic rings. The fraction of sp³-hybridized carbons (Fsp3) is 0.241. The molecule has 6 nitrogen and oxygen atoms in total. The molecule has 1 amide bonds. The summed E-state index contributed by atoms with van der Waals surface area (Å²) in [6.45, 7) is 1.55. The highest BCUT2D eigenvalue weighted by Crippen LogP contribution is 2.35. The van der Waals surface area contributed by atoms with Crippen LogP contribution in [0.2, 0.25) is 5.02 Å². The lowest BCUT2D eigenvalue weighted by Crippen LogP contribution is -2.37. The average molecular weight is 502 g/mol. The van der Waals surface area contributed by atoms with E-state index in [0.717, 1.165) is 36.3 Å². The lowest BCUT2D eigenvalue weighted by atomic mass is 10.1. The summed E-state index contributed by atoms with van der Waals surface area (Å²) >= 11 is 6.08. The maximum Gasteiger partial charge on any atom is 0.254 e. The molecule has 2 heterocycles. The Labute approximate surface area is 216 Å². The van der Waals surface area contributed by atoms with Gasteiger partial charge in [-0.1, -0.05) is 60.1 Å². The minimum Gasteiger partial charge on any atom is -0.439 e. The monoisotopic (exact) mass is 501 g/mol. The topological polar surface area (TPSA) is 56.6 Å². The average Bonchev–Trinajstić information content (AvgIpc) is 3.54. The maximum atomic E-state index is 13.7. The highest BCUT2D eigenvalue weighted by atomic mass is 35.5. The summed E-state index contributed by atoms with van der Waals surface area (Å²) in [5, 5.41) is 5.44. The molecule has 0 spiro atoms. The Morgan fingerprint density at radius 3 is 2.42 bits per heavy atom. The molecule has 1 aliphatic heterocycles. The minimum atomic E-state index is -0.0496. The number of carbonyl (C=O) groups is 1. The van der Waals surface area contributed by atoms with Gasteiger partial charge in [-0.3, -0.25) is 4.79 Å². The van der Waals surface area contributed by atoms with Crippen LogP contribution in [0.25, 0.3) is 11.3 Å². The second-order valence-corrected chi connectivity index (χ2v) is 9.30. The van der Waals surface area contributed by atoms with Crippen LogP contribution in [0.5, 0.6) is 11.6 Å². The molecular formula is C29H28ClN3O3. The number of benzene rings is 3. The van der Waals surface area contributed by atoms with Crippen LogP contribution in [0.3, 0.4) is 0 Å². The van der Waals surface area contributed by atoms with E-state index >= 15 is 0 Å². The smallest absolute Gasteiger partial charge is 0.254 e. The molecule has 3 aromatic carbocycles. The van der Waals surface area contributed by atoms with Crippen LogP contribution in [0.1, 0.15) is 28.8 Å². The first-order chi connectivity index (χ1) is 17.6. The van der Waals surface area contributed by atoms with E-state index < -0.39 is 0 Å². The van der Waals surface area contributed by atoms with Gasteiger partial charge in [-0.15, -0.1) is 0 Å². The molecule has 0 unspecified atom stereocenters. The molecule has 0 radical (unpaired) electrons. The lowest BCUT2D eigenvalue weighted by molar-refractivity contribution is 0.0506. The molecule has 7 heteroatoms. The van der Waals surface area contributed by atoms with Crippen LogP contribution < -0.4 is 4.74 Å². The molecule has 1 saturated heterocycles. The van der Waals surface area contributed by atoms with E-state index in [4.69, 9.17) is 26.2 Å². The van der Waals surface area contributed by atoms with Gasteiger partial charge in [0.25, 0.3) is 5.91 Å². The number of ether oxygens (including phenoxy) is 2. The first kappa shape index (κ1) is 24.1. The van der Waals surface area contributed by atoms with Crippen molar-refractivity contribution in [2.75, 3.05) is 13.2 Å². The van der Waals surface area contributed by atoms with Gasteiger partial charge in [0.15, 0.2) is 0 Å². The molecule has 0 aliphatic carbocycles. The molecule has 36 heavy (non-hydrogen) atoms. The number of carbonyl (C=O) groups excluding carboxylic acids is 1. The van der Waals surface area contributed by atoms with Crippen LogP contribution in [0.15, 0.2) is 84.9 Å². The highest BCUT2D eigenvalue weighted by Gasteiger charge is 2.28. The molecule has 184 valence electrons. The van der Waals surface area contributed by atoms with Gasteiger partial charge in [0.05, 0.1) is 18.2 Å². The number of halogens is 1. The second-order valence-electron chi connectivity index (χ2n) is 8.86. The van der Waals surface area contributed by atoms with Gasteiger partial charge in [-0.25, -0.2) is 4.68 Å². The van der Waals surface area contributed by atoms with Gasteiger partial charge in [0.2, 0.25) is 5.88 Å².